The van der Waals surface area contributed by atoms with E-state index in [9.17, 15) is 9.59 Å². The van der Waals surface area contributed by atoms with Gasteiger partial charge in [0.1, 0.15) is 11.5 Å². The molecule has 0 fully saturated rings. The molecule has 2 aromatic rings. The van der Waals surface area contributed by atoms with Gasteiger partial charge in [-0.1, -0.05) is 31.9 Å². The molecule has 0 heterocycles. The number of hydrogen-bond acceptors (Lipinski definition) is 4. The molecular formula is C21H24O4. The van der Waals surface area contributed by atoms with Crippen molar-refractivity contribution in [1.29, 1.82) is 0 Å². The molecule has 2 rings (SSSR count). The number of unbranched alkanes of at least 4 members (excludes halogenated alkanes) is 2. The van der Waals surface area contributed by atoms with Gasteiger partial charge in [0.2, 0.25) is 0 Å². The number of carbonyl (C=O) groups excluding carboxylic acids is 2. The van der Waals surface area contributed by atoms with E-state index >= 15 is 0 Å². The maximum atomic E-state index is 12.2. The quantitative estimate of drug-likeness (QED) is 0.277. The summed E-state index contributed by atoms with van der Waals surface area (Å²) in [5, 5.41) is 0. The van der Waals surface area contributed by atoms with E-state index in [-0.39, 0.29) is 5.78 Å². The molecular weight excluding hydrogens is 316 g/mol. The molecule has 0 aliphatic rings. The largest absolute Gasteiger partial charge is 0.494 e. The summed E-state index contributed by atoms with van der Waals surface area (Å²) in [7, 11) is 0. The summed E-state index contributed by atoms with van der Waals surface area (Å²) in [4.78, 5) is 24.2. The topological polar surface area (TPSA) is 52.6 Å². The Labute approximate surface area is 148 Å². The normalized spacial score (nSPS) is 10.3. The first-order valence-electron chi connectivity index (χ1n) is 8.72. The van der Waals surface area contributed by atoms with E-state index in [2.05, 4.69) is 6.92 Å². The number of esters is 1. The van der Waals surface area contributed by atoms with Gasteiger partial charge in [0.25, 0.3) is 0 Å². The van der Waals surface area contributed by atoms with Crippen molar-refractivity contribution >= 4 is 11.8 Å². The van der Waals surface area contributed by atoms with Gasteiger partial charge in [-0.05, 0) is 49.7 Å². The SMILES string of the molecule is CCCCCC(=O)c1ccc(C(=O)Oc2ccc(OCC)cc2)cc1. The minimum atomic E-state index is -0.450. The van der Waals surface area contributed by atoms with Gasteiger partial charge in [-0.15, -0.1) is 0 Å². The number of carbonyl (C=O) groups is 2. The summed E-state index contributed by atoms with van der Waals surface area (Å²) in [5.41, 5.74) is 1.05. The Bertz CT molecular complexity index is 687. The van der Waals surface area contributed by atoms with Crippen molar-refractivity contribution in [3.63, 3.8) is 0 Å². The molecule has 0 bridgehead atoms. The molecule has 4 heteroatoms. The summed E-state index contributed by atoms with van der Waals surface area (Å²) in [6, 6.07) is 13.5. The third kappa shape index (κ3) is 5.75. The average Bonchev–Trinajstić information content (AvgIpc) is 2.64. The molecule has 0 aromatic heterocycles. The fourth-order valence-corrected chi connectivity index (χ4v) is 2.41. The number of ketones is 1. The second-order valence-electron chi connectivity index (χ2n) is 5.75. The molecule has 0 saturated heterocycles. The molecule has 4 nitrogen and oxygen atoms in total. The highest BCUT2D eigenvalue weighted by Gasteiger charge is 2.11. The standard InChI is InChI=1S/C21H24O4/c1-3-5-6-7-20(22)16-8-10-17(11-9-16)21(23)25-19-14-12-18(13-15-19)24-4-2/h8-15H,3-7H2,1-2H3. The Hall–Kier alpha value is -2.62. The first-order valence-corrected chi connectivity index (χ1v) is 8.72. The maximum absolute atomic E-state index is 12.2. The lowest BCUT2D eigenvalue weighted by Crippen LogP contribution is -2.09. The predicted molar refractivity (Wildman–Crippen MR) is 97.5 cm³/mol. The molecule has 2 aromatic carbocycles. The lowest BCUT2D eigenvalue weighted by Gasteiger charge is -2.07. The summed E-state index contributed by atoms with van der Waals surface area (Å²) in [5.74, 6) is 0.843. The molecule has 0 saturated carbocycles. The molecule has 0 amide bonds. The third-order valence-electron chi connectivity index (χ3n) is 3.80. The van der Waals surface area contributed by atoms with Gasteiger partial charge in [-0.25, -0.2) is 4.79 Å². The van der Waals surface area contributed by atoms with Gasteiger partial charge < -0.3 is 9.47 Å². The molecule has 0 radical (unpaired) electrons. The predicted octanol–water partition coefficient (Wildman–Crippen LogP) is 5.07. The highest BCUT2D eigenvalue weighted by molar-refractivity contribution is 5.97. The van der Waals surface area contributed by atoms with Crippen LogP contribution < -0.4 is 9.47 Å². The van der Waals surface area contributed by atoms with Crippen molar-refractivity contribution in [3.8, 4) is 11.5 Å². The van der Waals surface area contributed by atoms with Crippen LogP contribution in [0, 0.1) is 0 Å². The lowest BCUT2D eigenvalue weighted by atomic mass is 10.0. The molecule has 0 atom stereocenters. The molecule has 0 N–H and O–H groups in total. The van der Waals surface area contributed by atoms with E-state index in [1.54, 1.807) is 48.5 Å². The molecule has 0 aliphatic heterocycles. The van der Waals surface area contributed by atoms with Crippen LogP contribution in [0.4, 0.5) is 0 Å². The fraction of sp³-hybridized carbons (Fsp3) is 0.333. The first kappa shape index (κ1) is 18.7. The lowest BCUT2D eigenvalue weighted by molar-refractivity contribution is 0.0734. The zero-order chi connectivity index (χ0) is 18.1. The Morgan fingerprint density at radius 2 is 1.40 bits per heavy atom. The number of rotatable bonds is 9. The Balaban J connectivity index is 1.94. The van der Waals surface area contributed by atoms with E-state index < -0.39 is 5.97 Å². The van der Waals surface area contributed by atoms with Crippen molar-refractivity contribution in [1.82, 2.24) is 0 Å². The molecule has 0 unspecified atom stereocenters. The number of ether oxygens (including phenoxy) is 2. The molecule has 0 aliphatic carbocycles. The monoisotopic (exact) mass is 340 g/mol. The van der Waals surface area contributed by atoms with Gasteiger partial charge in [0, 0.05) is 12.0 Å². The van der Waals surface area contributed by atoms with Gasteiger partial charge >= 0.3 is 5.97 Å². The van der Waals surface area contributed by atoms with Crippen molar-refractivity contribution in [3.05, 3.63) is 59.7 Å². The van der Waals surface area contributed by atoms with Crippen LogP contribution in [-0.2, 0) is 0 Å². The van der Waals surface area contributed by atoms with Crippen LogP contribution in [0.5, 0.6) is 11.5 Å². The van der Waals surface area contributed by atoms with Crippen molar-refractivity contribution in [2.75, 3.05) is 6.61 Å². The second kappa shape index (κ2) is 9.62. The minimum absolute atomic E-state index is 0.111. The average molecular weight is 340 g/mol. The van der Waals surface area contributed by atoms with Crippen LogP contribution in [0.3, 0.4) is 0 Å². The van der Waals surface area contributed by atoms with Crippen LogP contribution in [0.1, 0.15) is 60.2 Å². The van der Waals surface area contributed by atoms with Crippen LogP contribution >= 0.6 is 0 Å². The van der Waals surface area contributed by atoms with E-state index in [0.717, 1.165) is 25.0 Å². The van der Waals surface area contributed by atoms with Crippen LogP contribution in [0.25, 0.3) is 0 Å². The van der Waals surface area contributed by atoms with Crippen molar-refractivity contribution in [2.45, 2.75) is 39.5 Å². The van der Waals surface area contributed by atoms with Crippen LogP contribution in [0.15, 0.2) is 48.5 Å². The Kier molecular flexibility index (Phi) is 7.20. The van der Waals surface area contributed by atoms with Crippen molar-refractivity contribution < 1.29 is 19.1 Å². The molecule has 0 spiro atoms. The van der Waals surface area contributed by atoms with E-state index in [4.69, 9.17) is 9.47 Å². The summed E-state index contributed by atoms with van der Waals surface area (Å²) in [6.07, 6.45) is 3.59. The van der Waals surface area contributed by atoms with E-state index in [1.165, 1.54) is 0 Å². The highest BCUT2D eigenvalue weighted by Crippen LogP contribution is 2.19. The summed E-state index contributed by atoms with van der Waals surface area (Å²) >= 11 is 0. The minimum Gasteiger partial charge on any atom is -0.494 e. The summed E-state index contributed by atoms with van der Waals surface area (Å²) in [6.45, 7) is 4.60. The third-order valence-corrected chi connectivity index (χ3v) is 3.80. The highest BCUT2D eigenvalue weighted by atomic mass is 16.5. The zero-order valence-corrected chi connectivity index (χ0v) is 14.8. The van der Waals surface area contributed by atoms with Crippen LogP contribution in [0.2, 0.25) is 0 Å². The Morgan fingerprint density at radius 1 is 0.800 bits per heavy atom. The van der Waals surface area contributed by atoms with Crippen molar-refractivity contribution in [2.24, 2.45) is 0 Å². The van der Waals surface area contributed by atoms with Gasteiger partial charge in [-0.2, -0.15) is 0 Å². The Morgan fingerprint density at radius 3 is 2.00 bits per heavy atom. The fourth-order valence-electron chi connectivity index (χ4n) is 2.41. The first-order chi connectivity index (χ1) is 12.1. The van der Waals surface area contributed by atoms with E-state index in [1.807, 2.05) is 6.92 Å². The van der Waals surface area contributed by atoms with Gasteiger partial charge in [0.05, 0.1) is 12.2 Å². The second-order valence-corrected chi connectivity index (χ2v) is 5.75. The maximum Gasteiger partial charge on any atom is 0.343 e. The molecule has 132 valence electrons. The van der Waals surface area contributed by atoms with Gasteiger partial charge in [0.15, 0.2) is 5.78 Å². The smallest absolute Gasteiger partial charge is 0.343 e. The van der Waals surface area contributed by atoms with E-state index in [0.29, 0.717) is 29.9 Å². The molecule has 25 heavy (non-hydrogen) atoms. The number of benzene rings is 2. The van der Waals surface area contributed by atoms with Gasteiger partial charge in [-0.3, -0.25) is 4.79 Å². The van der Waals surface area contributed by atoms with Crippen LogP contribution in [-0.4, -0.2) is 18.4 Å². The number of hydrogen-bond donors (Lipinski definition) is 0. The summed E-state index contributed by atoms with van der Waals surface area (Å²) < 4.78 is 10.7. The number of Topliss-reactive ketones (excluding diaryl/α,β-unsaturated/α-hetero) is 1. The zero-order valence-electron chi connectivity index (χ0n) is 14.8.